The zero-order chi connectivity index (χ0) is 12.5. The van der Waals surface area contributed by atoms with Crippen LogP contribution in [0.4, 0.5) is 0 Å². The van der Waals surface area contributed by atoms with Crippen LogP contribution in [0.15, 0.2) is 36.4 Å². The Morgan fingerprint density at radius 2 is 1.84 bits per heavy atom. The number of hydrogen-bond acceptors (Lipinski definition) is 2. The average Bonchev–Trinajstić information content (AvgIpc) is 3.21. The second-order valence-electron chi connectivity index (χ2n) is 5.19. The topological polar surface area (TPSA) is 35.2 Å². The zero-order valence-corrected chi connectivity index (χ0v) is 12.0. The normalized spacial score (nSPS) is 15.9. The van der Waals surface area contributed by atoms with Crippen LogP contribution < -0.4 is 10.5 Å². The van der Waals surface area contributed by atoms with Gasteiger partial charge in [-0.1, -0.05) is 43.2 Å². The number of benzene rings is 2. The van der Waals surface area contributed by atoms with E-state index in [1.165, 1.54) is 23.8 Å². The lowest BCUT2D eigenvalue weighted by Gasteiger charge is -2.16. The van der Waals surface area contributed by atoms with Crippen LogP contribution in [0.1, 0.15) is 30.9 Å². The number of rotatable bonds is 4. The smallest absolute Gasteiger partial charge is 0.126 e. The number of ether oxygens (including phenoxy) is 1. The summed E-state index contributed by atoms with van der Waals surface area (Å²) in [5.74, 6) is 1.77. The molecule has 1 aliphatic rings. The first kappa shape index (κ1) is 14.2. The highest BCUT2D eigenvalue weighted by atomic mass is 35.5. The molecule has 0 unspecified atom stereocenters. The fraction of sp³-hybridized carbons (Fsp3) is 0.375. The van der Waals surface area contributed by atoms with Gasteiger partial charge in [0.15, 0.2) is 0 Å². The Hall–Kier alpha value is -1.25. The van der Waals surface area contributed by atoms with E-state index in [4.69, 9.17) is 10.5 Å². The Labute approximate surface area is 120 Å². The fourth-order valence-electron chi connectivity index (χ4n) is 2.64. The standard InChI is InChI=1S/C16H19NO.ClH/c1-18-16-9-8-13(15(17)10-11-6-7-11)12-4-2-3-5-14(12)16;/h2-5,8-9,11,15H,6-7,10,17H2,1H3;1H/t15-;/m0./s1. The molecule has 19 heavy (non-hydrogen) atoms. The zero-order valence-electron chi connectivity index (χ0n) is 11.1. The van der Waals surface area contributed by atoms with Crippen molar-refractivity contribution in [1.82, 2.24) is 0 Å². The number of methoxy groups -OCH3 is 1. The number of halogens is 1. The van der Waals surface area contributed by atoms with E-state index in [1.807, 2.05) is 12.1 Å². The molecule has 1 aliphatic carbocycles. The van der Waals surface area contributed by atoms with E-state index in [-0.39, 0.29) is 18.4 Å². The Morgan fingerprint density at radius 3 is 2.47 bits per heavy atom. The predicted octanol–water partition coefficient (Wildman–Crippen LogP) is 4.07. The largest absolute Gasteiger partial charge is 0.496 e. The molecule has 0 aromatic heterocycles. The van der Waals surface area contributed by atoms with Gasteiger partial charge in [0.2, 0.25) is 0 Å². The predicted molar refractivity (Wildman–Crippen MR) is 82.0 cm³/mol. The molecular weight excluding hydrogens is 258 g/mol. The van der Waals surface area contributed by atoms with E-state index in [0.29, 0.717) is 0 Å². The van der Waals surface area contributed by atoms with E-state index in [9.17, 15) is 0 Å². The molecule has 1 saturated carbocycles. The Balaban J connectivity index is 0.00000133. The van der Waals surface area contributed by atoms with Crippen LogP contribution in [-0.4, -0.2) is 7.11 Å². The van der Waals surface area contributed by atoms with E-state index in [0.717, 1.165) is 23.5 Å². The van der Waals surface area contributed by atoms with Gasteiger partial charge in [0.05, 0.1) is 7.11 Å². The van der Waals surface area contributed by atoms with E-state index < -0.39 is 0 Å². The summed E-state index contributed by atoms with van der Waals surface area (Å²) in [7, 11) is 1.71. The molecule has 0 bridgehead atoms. The average molecular weight is 278 g/mol. The van der Waals surface area contributed by atoms with Crippen LogP contribution in [-0.2, 0) is 0 Å². The molecule has 0 amide bonds. The third kappa shape index (κ3) is 2.85. The second kappa shape index (κ2) is 5.81. The van der Waals surface area contributed by atoms with Crippen molar-refractivity contribution in [3.05, 3.63) is 42.0 Å². The molecule has 1 atom stereocenters. The van der Waals surface area contributed by atoms with Gasteiger partial charge < -0.3 is 10.5 Å². The number of fused-ring (bicyclic) bond motifs is 1. The quantitative estimate of drug-likeness (QED) is 0.914. The lowest BCUT2D eigenvalue weighted by atomic mass is 9.95. The Morgan fingerprint density at radius 1 is 1.16 bits per heavy atom. The summed E-state index contributed by atoms with van der Waals surface area (Å²) < 4.78 is 5.41. The summed E-state index contributed by atoms with van der Waals surface area (Å²) in [4.78, 5) is 0. The van der Waals surface area contributed by atoms with Crippen molar-refractivity contribution in [2.75, 3.05) is 7.11 Å². The first-order chi connectivity index (χ1) is 8.79. The van der Waals surface area contributed by atoms with E-state index in [1.54, 1.807) is 7.11 Å². The van der Waals surface area contributed by atoms with Crippen molar-refractivity contribution in [2.45, 2.75) is 25.3 Å². The molecule has 102 valence electrons. The molecule has 2 aromatic rings. The maximum absolute atomic E-state index is 6.35. The highest BCUT2D eigenvalue weighted by Crippen LogP contribution is 2.39. The summed E-state index contributed by atoms with van der Waals surface area (Å²) in [6, 6.07) is 12.6. The molecular formula is C16H20ClNO. The monoisotopic (exact) mass is 277 g/mol. The minimum absolute atomic E-state index is 0. The molecule has 2 aromatic carbocycles. The van der Waals surface area contributed by atoms with Gasteiger partial charge in [-0.05, 0) is 29.4 Å². The molecule has 2 nitrogen and oxygen atoms in total. The van der Waals surface area contributed by atoms with Crippen LogP contribution >= 0.6 is 12.4 Å². The summed E-state index contributed by atoms with van der Waals surface area (Å²) in [5, 5.41) is 2.38. The molecule has 0 spiro atoms. The molecule has 0 saturated heterocycles. The number of nitrogens with two attached hydrogens (primary N) is 1. The van der Waals surface area contributed by atoms with Crippen LogP contribution in [0.5, 0.6) is 5.75 Å². The third-order valence-corrected chi connectivity index (χ3v) is 3.82. The Kier molecular flexibility index (Phi) is 4.33. The summed E-state index contributed by atoms with van der Waals surface area (Å²) in [6.07, 6.45) is 3.81. The van der Waals surface area contributed by atoms with Crippen molar-refractivity contribution in [1.29, 1.82) is 0 Å². The fourth-order valence-corrected chi connectivity index (χ4v) is 2.64. The van der Waals surface area contributed by atoms with Gasteiger partial charge in [0, 0.05) is 11.4 Å². The van der Waals surface area contributed by atoms with Crippen molar-refractivity contribution in [3.8, 4) is 5.75 Å². The Bertz CT molecular complexity index is 566. The summed E-state index contributed by atoms with van der Waals surface area (Å²) >= 11 is 0. The van der Waals surface area contributed by atoms with Gasteiger partial charge in [-0.15, -0.1) is 12.4 Å². The lowest BCUT2D eigenvalue weighted by molar-refractivity contribution is 0.419. The van der Waals surface area contributed by atoms with Gasteiger partial charge in [-0.3, -0.25) is 0 Å². The highest BCUT2D eigenvalue weighted by Gasteiger charge is 2.25. The third-order valence-electron chi connectivity index (χ3n) is 3.82. The van der Waals surface area contributed by atoms with Crippen molar-refractivity contribution < 1.29 is 4.74 Å². The molecule has 2 N–H and O–H groups in total. The first-order valence-corrected chi connectivity index (χ1v) is 6.61. The van der Waals surface area contributed by atoms with E-state index in [2.05, 4.69) is 24.3 Å². The summed E-state index contributed by atoms with van der Waals surface area (Å²) in [6.45, 7) is 0. The molecule has 3 rings (SSSR count). The van der Waals surface area contributed by atoms with Gasteiger partial charge in [-0.2, -0.15) is 0 Å². The van der Waals surface area contributed by atoms with Crippen molar-refractivity contribution in [2.24, 2.45) is 11.7 Å². The second-order valence-corrected chi connectivity index (χ2v) is 5.19. The molecule has 0 aliphatic heterocycles. The van der Waals surface area contributed by atoms with E-state index >= 15 is 0 Å². The lowest BCUT2D eigenvalue weighted by Crippen LogP contribution is -2.11. The van der Waals surface area contributed by atoms with Crippen molar-refractivity contribution >= 4 is 23.2 Å². The summed E-state index contributed by atoms with van der Waals surface area (Å²) in [5.41, 5.74) is 7.60. The molecule has 0 heterocycles. The maximum atomic E-state index is 6.35. The van der Waals surface area contributed by atoms with Crippen LogP contribution in [0.2, 0.25) is 0 Å². The first-order valence-electron chi connectivity index (χ1n) is 6.61. The molecule has 3 heteroatoms. The van der Waals surface area contributed by atoms with Crippen LogP contribution in [0, 0.1) is 5.92 Å². The van der Waals surface area contributed by atoms with Crippen LogP contribution in [0.25, 0.3) is 10.8 Å². The molecule has 1 fully saturated rings. The van der Waals surface area contributed by atoms with Crippen molar-refractivity contribution in [3.63, 3.8) is 0 Å². The van der Waals surface area contributed by atoms with Gasteiger partial charge >= 0.3 is 0 Å². The minimum atomic E-state index is 0. The SMILES string of the molecule is COc1ccc([C@@H](N)CC2CC2)c2ccccc12.Cl. The molecule has 0 radical (unpaired) electrons. The van der Waals surface area contributed by atoms with Crippen LogP contribution in [0.3, 0.4) is 0 Å². The van der Waals surface area contributed by atoms with Gasteiger partial charge in [-0.25, -0.2) is 0 Å². The van der Waals surface area contributed by atoms with Gasteiger partial charge in [0.25, 0.3) is 0 Å². The minimum Gasteiger partial charge on any atom is -0.496 e. The highest BCUT2D eigenvalue weighted by molar-refractivity contribution is 5.91. The van der Waals surface area contributed by atoms with Gasteiger partial charge in [0.1, 0.15) is 5.75 Å². The number of hydrogen-bond donors (Lipinski definition) is 1. The maximum Gasteiger partial charge on any atom is 0.126 e.